The molecule has 1 aromatic rings. The molecule has 0 aliphatic carbocycles. The van der Waals surface area contributed by atoms with Crippen molar-refractivity contribution in [2.75, 3.05) is 18.0 Å². The molecule has 1 aliphatic rings. The molecule has 25 heavy (non-hydrogen) atoms. The van der Waals surface area contributed by atoms with Crippen molar-refractivity contribution in [2.45, 2.75) is 59.0 Å². The van der Waals surface area contributed by atoms with Crippen molar-refractivity contribution in [3.8, 4) is 0 Å². The summed E-state index contributed by atoms with van der Waals surface area (Å²) in [5.41, 5.74) is 2.14. The van der Waals surface area contributed by atoms with Crippen LogP contribution in [0.2, 0.25) is 0 Å². The van der Waals surface area contributed by atoms with E-state index >= 15 is 0 Å². The highest BCUT2D eigenvalue weighted by Crippen LogP contribution is 2.21. The lowest BCUT2D eigenvalue weighted by molar-refractivity contribution is -0.119. The first-order chi connectivity index (χ1) is 11.6. The first-order valence-electron chi connectivity index (χ1n) is 9.08. The molecule has 0 spiro atoms. The molecule has 0 bridgehead atoms. The van der Waals surface area contributed by atoms with E-state index in [0.717, 1.165) is 49.6 Å². The third-order valence-corrected chi connectivity index (χ3v) is 4.33. The van der Waals surface area contributed by atoms with E-state index in [1.807, 2.05) is 17.0 Å². The van der Waals surface area contributed by atoms with Crippen LogP contribution in [0, 0.1) is 0 Å². The van der Waals surface area contributed by atoms with Gasteiger partial charge in [0.1, 0.15) is 0 Å². The number of benzene rings is 1. The quantitative estimate of drug-likeness (QED) is 0.389. The number of aliphatic imine (C=N–C) groups is 1. The molecule has 6 heteroatoms. The maximum absolute atomic E-state index is 12.0. The van der Waals surface area contributed by atoms with Gasteiger partial charge in [-0.25, -0.2) is 4.99 Å². The van der Waals surface area contributed by atoms with Crippen LogP contribution in [0.15, 0.2) is 29.3 Å². The van der Waals surface area contributed by atoms with Crippen molar-refractivity contribution < 1.29 is 4.79 Å². The molecule has 1 aliphatic heterocycles. The van der Waals surface area contributed by atoms with Crippen molar-refractivity contribution in [3.05, 3.63) is 29.8 Å². The Bertz CT molecular complexity index is 559. The van der Waals surface area contributed by atoms with Crippen molar-refractivity contribution >= 4 is 41.5 Å². The lowest BCUT2D eigenvalue weighted by Crippen LogP contribution is -2.41. The number of guanidine groups is 1. The zero-order chi connectivity index (χ0) is 17.4. The number of piperidine rings is 1. The number of nitrogens with zero attached hydrogens (tertiary/aromatic N) is 2. The highest BCUT2D eigenvalue weighted by atomic mass is 127. The van der Waals surface area contributed by atoms with Gasteiger partial charge in [0.05, 0.1) is 6.54 Å². The van der Waals surface area contributed by atoms with Crippen molar-refractivity contribution in [1.29, 1.82) is 0 Å². The van der Waals surface area contributed by atoms with Gasteiger partial charge in [0.25, 0.3) is 0 Å². The molecule has 0 saturated carbocycles. The van der Waals surface area contributed by atoms with E-state index in [0.29, 0.717) is 19.0 Å². The van der Waals surface area contributed by atoms with Gasteiger partial charge in [0.15, 0.2) is 5.96 Å². The Labute approximate surface area is 168 Å². The second-order valence-electron chi connectivity index (χ2n) is 6.32. The molecule has 1 aromatic carbocycles. The summed E-state index contributed by atoms with van der Waals surface area (Å²) in [5.74, 6) is 1.08. The smallest absolute Gasteiger partial charge is 0.226 e. The van der Waals surface area contributed by atoms with E-state index in [9.17, 15) is 4.79 Å². The molecular weight excluding hydrogens is 427 g/mol. The number of carbonyl (C=O) groups excluding carboxylic acids is 1. The van der Waals surface area contributed by atoms with Crippen LogP contribution < -0.4 is 15.5 Å². The predicted molar refractivity (Wildman–Crippen MR) is 116 cm³/mol. The Morgan fingerprint density at radius 3 is 2.56 bits per heavy atom. The summed E-state index contributed by atoms with van der Waals surface area (Å²) in [5, 5.41) is 6.67. The molecule has 1 saturated heterocycles. The van der Waals surface area contributed by atoms with E-state index < -0.39 is 0 Å². The summed E-state index contributed by atoms with van der Waals surface area (Å²) in [7, 11) is 0. The van der Waals surface area contributed by atoms with Crippen LogP contribution in [-0.2, 0) is 11.3 Å². The topological polar surface area (TPSA) is 56.7 Å². The Hall–Kier alpha value is -1.31. The number of carbonyl (C=O) groups is 1. The van der Waals surface area contributed by atoms with Gasteiger partial charge in [-0.2, -0.15) is 0 Å². The lowest BCUT2D eigenvalue weighted by Gasteiger charge is -2.26. The summed E-state index contributed by atoms with van der Waals surface area (Å²) >= 11 is 0. The second kappa shape index (κ2) is 11.3. The zero-order valence-electron chi connectivity index (χ0n) is 15.5. The van der Waals surface area contributed by atoms with E-state index in [1.54, 1.807) is 0 Å². The molecule has 140 valence electrons. The molecule has 1 amide bonds. The van der Waals surface area contributed by atoms with Crippen LogP contribution in [0.5, 0.6) is 0 Å². The number of rotatable bonds is 6. The Morgan fingerprint density at radius 2 is 1.96 bits per heavy atom. The van der Waals surface area contributed by atoms with Gasteiger partial charge in [-0.3, -0.25) is 4.79 Å². The average molecular weight is 458 g/mol. The summed E-state index contributed by atoms with van der Waals surface area (Å²) in [6.07, 6.45) is 3.83. The van der Waals surface area contributed by atoms with E-state index in [1.165, 1.54) is 0 Å². The Morgan fingerprint density at radius 1 is 1.24 bits per heavy atom. The summed E-state index contributed by atoms with van der Waals surface area (Å²) in [6.45, 7) is 8.68. The van der Waals surface area contributed by atoms with Crippen molar-refractivity contribution in [1.82, 2.24) is 10.6 Å². The maximum atomic E-state index is 12.0. The van der Waals surface area contributed by atoms with Crippen LogP contribution in [0.1, 0.15) is 52.0 Å². The van der Waals surface area contributed by atoms with Crippen LogP contribution >= 0.6 is 24.0 Å². The molecule has 1 atom stereocenters. The fourth-order valence-corrected chi connectivity index (χ4v) is 2.69. The fourth-order valence-electron chi connectivity index (χ4n) is 2.69. The van der Waals surface area contributed by atoms with Gasteiger partial charge in [-0.05, 0) is 50.8 Å². The highest BCUT2D eigenvalue weighted by Gasteiger charge is 2.19. The third-order valence-electron chi connectivity index (χ3n) is 4.33. The van der Waals surface area contributed by atoms with E-state index in [4.69, 9.17) is 0 Å². The maximum Gasteiger partial charge on any atom is 0.226 e. The minimum atomic E-state index is 0. The normalized spacial score (nSPS) is 16.2. The van der Waals surface area contributed by atoms with Crippen LogP contribution in [0.4, 0.5) is 5.69 Å². The molecule has 2 N–H and O–H groups in total. The van der Waals surface area contributed by atoms with Gasteiger partial charge >= 0.3 is 0 Å². The Kier molecular flexibility index (Phi) is 9.85. The summed E-state index contributed by atoms with van der Waals surface area (Å²) in [4.78, 5) is 18.5. The minimum absolute atomic E-state index is 0. The van der Waals surface area contributed by atoms with Crippen molar-refractivity contribution in [3.63, 3.8) is 0 Å². The molecule has 5 nitrogen and oxygen atoms in total. The fraction of sp³-hybridized carbons (Fsp3) is 0.579. The van der Waals surface area contributed by atoms with Gasteiger partial charge in [-0.15, -0.1) is 24.0 Å². The van der Waals surface area contributed by atoms with Gasteiger partial charge in [-0.1, -0.05) is 19.1 Å². The molecule has 0 radical (unpaired) electrons. The first kappa shape index (κ1) is 21.7. The van der Waals surface area contributed by atoms with E-state index in [-0.39, 0.29) is 29.9 Å². The molecule has 1 unspecified atom stereocenters. The van der Waals surface area contributed by atoms with E-state index in [2.05, 4.69) is 48.5 Å². The van der Waals surface area contributed by atoms with Crippen LogP contribution in [-0.4, -0.2) is 31.0 Å². The monoisotopic (exact) mass is 458 g/mol. The summed E-state index contributed by atoms with van der Waals surface area (Å²) in [6, 6.07) is 8.59. The number of hydrogen-bond donors (Lipinski definition) is 2. The van der Waals surface area contributed by atoms with Crippen LogP contribution in [0.3, 0.4) is 0 Å². The summed E-state index contributed by atoms with van der Waals surface area (Å²) < 4.78 is 0. The highest BCUT2D eigenvalue weighted by molar-refractivity contribution is 14.0. The Balaban J connectivity index is 0.00000312. The van der Waals surface area contributed by atoms with Gasteiger partial charge in [0.2, 0.25) is 5.91 Å². The molecule has 2 rings (SSSR count). The molecular formula is C19H31IN4O. The average Bonchev–Trinajstić information content (AvgIpc) is 2.61. The lowest BCUT2D eigenvalue weighted by atomic mass is 10.1. The molecule has 0 aromatic heterocycles. The number of halogens is 1. The SMILES string of the molecule is CCNC(=NCc1ccc(N2CCCCC2=O)cc1)NC(C)CC.I. The van der Waals surface area contributed by atoms with Crippen LogP contribution in [0.25, 0.3) is 0 Å². The third kappa shape index (κ3) is 6.84. The number of nitrogens with one attached hydrogen (secondary N) is 2. The molecule has 1 fully saturated rings. The first-order valence-corrected chi connectivity index (χ1v) is 9.08. The molecule has 1 heterocycles. The number of amides is 1. The van der Waals surface area contributed by atoms with Gasteiger partial charge in [0, 0.05) is 31.2 Å². The van der Waals surface area contributed by atoms with Gasteiger partial charge < -0.3 is 15.5 Å². The minimum Gasteiger partial charge on any atom is -0.357 e. The standard InChI is InChI=1S/C19H30N4O.HI/c1-4-15(3)22-19(20-5-2)21-14-16-9-11-17(12-10-16)23-13-7-6-8-18(23)24;/h9-12,15H,4-8,13-14H2,1-3H3,(H2,20,21,22);1H. The largest absolute Gasteiger partial charge is 0.357 e. The predicted octanol–water partition coefficient (Wildman–Crippen LogP) is 3.68. The number of hydrogen-bond acceptors (Lipinski definition) is 2. The zero-order valence-corrected chi connectivity index (χ0v) is 17.9. The second-order valence-corrected chi connectivity index (χ2v) is 6.32. The number of anilines is 1. The van der Waals surface area contributed by atoms with Crippen molar-refractivity contribution in [2.24, 2.45) is 4.99 Å².